The standard InChI is InChI=1S/C36H69NO4/c1-5-6-7-8-11-15-18-26-34(41-35(38)28-22-29-37(3)4)27-19-16-13-10-9-12-14-17-24-32-30-33(32)25-21-20-23-31(2)36(39)40/h31-34H,5-30H2,1-4H3,(H,39,40). The quantitative estimate of drug-likeness (QED) is 0.0677. The first-order valence-electron chi connectivity index (χ1n) is 17.9. The van der Waals surface area contributed by atoms with Gasteiger partial charge in [0.15, 0.2) is 0 Å². The minimum Gasteiger partial charge on any atom is -0.481 e. The second-order valence-electron chi connectivity index (χ2n) is 13.6. The van der Waals surface area contributed by atoms with Crippen LogP contribution in [0.1, 0.15) is 174 Å². The van der Waals surface area contributed by atoms with Gasteiger partial charge in [0.1, 0.15) is 6.10 Å². The largest absolute Gasteiger partial charge is 0.481 e. The number of esters is 1. The Balaban J connectivity index is 2.04. The fraction of sp³-hybridized carbons (Fsp3) is 0.944. The highest BCUT2D eigenvalue weighted by molar-refractivity contribution is 5.69. The number of hydrogen-bond donors (Lipinski definition) is 1. The van der Waals surface area contributed by atoms with Gasteiger partial charge in [-0.1, -0.05) is 123 Å². The van der Waals surface area contributed by atoms with Crippen LogP contribution in [0.4, 0.5) is 0 Å². The summed E-state index contributed by atoms with van der Waals surface area (Å²) in [5.74, 6) is 1.06. The molecule has 0 heterocycles. The summed E-state index contributed by atoms with van der Waals surface area (Å²) in [7, 11) is 4.10. The fourth-order valence-electron chi connectivity index (χ4n) is 6.21. The molecule has 1 fully saturated rings. The molecule has 41 heavy (non-hydrogen) atoms. The van der Waals surface area contributed by atoms with Gasteiger partial charge < -0.3 is 14.7 Å². The van der Waals surface area contributed by atoms with E-state index < -0.39 is 5.97 Å². The summed E-state index contributed by atoms with van der Waals surface area (Å²) in [5, 5.41) is 8.98. The molecule has 0 aromatic carbocycles. The number of rotatable bonds is 30. The molecular formula is C36H69NO4. The van der Waals surface area contributed by atoms with Crippen molar-refractivity contribution in [1.29, 1.82) is 0 Å². The average Bonchev–Trinajstić information content (AvgIpc) is 3.68. The molecule has 0 spiro atoms. The van der Waals surface area contributed by atoms with Crippen LogP contribution in [0.2, 0.25) is 0 Å². The molecule has 0 aromatic rings. The number of carboxylic acids is 1. The Bertz CT molecular complexity index is 637. The van der Waals surface area contributed by atoms with E-state index in [-0.39, 0.29) is 18.0 Å². The second kappa shape index (κ2) is 25.4. The van der Waals surface area contributed by atoms with Gasteiger partial charge in [0, 0.05) is 6.42 Å². The molecule has 1 saturated carbocycles. The summed E-state index contributed by atoms with van der Waals surface area (Å²) < 4.78 is 5.95. The van der Waals surface area contributed by atoms with Gasteiger partial charge in [-0.25, -0.2) is 0 Å². The van der Waals surface area contributed by atoms with Crippen molar-refractivity contribution in [2.45, 2.75) is 180 Å². The highest BCUT2D eigenvalue weighted by atomic mass is 16.5. The third-order valence-electron chi connectivity index (χ3n) is 9.22. The third kappa shape index (κ3) is 23.1. The van der Waals surface area contributed by atoms with Crippen LogP contribution in [-0.2, 0) is 14.3 Å². The number of ether oxygens (including phenoxy) is 1. The minimum absolute atomic E-state index is 0.00249. The van der Waals surface area contributed by atoms with Gasteiger partial charge in [-0.05, 0) is 77.4 Å². The smallest absolute Gasteiger partial charge is 0.306 e. The first kappa shape index (κ1) is 37.9. The summed E-state index contributed by atoms with van der Waals surface area (Å²) in [4.78, 5) is 25.4. The van der Waals surface area contributed by atoms with Gasteiger partial charge in [0.05, 0.1) is 5.92 Å². The highest BCUT2D eigenvalue weighted by Gasteiger charge is 2.35. The van der Waals surface area contributed by atoms with Gasteiger partial charge >= 0.3 is 11.9 Å². The SMILES string of the molecule is CCCCCCCCCC(CCCCCCCCCCC1CC1CCCCC(C)C(=O)O)OC(=O)CCCN(C)C. The van der Waals surface area contributed by atoms with E-state index in [0.717, 1.165) is 50.5 Å². The predicted molar refractivity (Wildman–Crippen MR) is 173 cm³/mol. The lowest BCUT2D eigenvalue weighted by molar-refractivity contribution is -0.150. The molecule has 4 unspecified atom stereocenters. The molecular weight excluding hydrogens is 510 g/mol. The normalized spacial score (nSPS) is 18.0. The van der Waals surface area contributed by atoms with Crippen LogP contribution in [0, 0.1) is 17.8 Å². The van der Waals surface area contributed by atoms with Crippen LogP contribution < -0.4 is 0 Å². The van der Waals surface area contributed by atoms with Crippen LogP contribution in [0.5, 0.6) is 0 Å². The number of carbonyl (C=O) groups is 2. The van der Waals surface area contributed by atoms with Crippen molar-refractivity contribution in [1.82, 2.24) is 4.90 Å². The molecule has 0 aromatic heterocycles. The minimum atomic E-state index is -0.651. The highest BCUT2D eigenvalue weighted by Crippen LogP contribution is 2.45. The topological polar surface area (TPSA) is 66.8 Å². The third-order valence-corrected chi connectivity index (χ3v) is 9.22. The van der Waals surface area contributed by atoms with Gasteiger partial charge in [0.25, 0.3) is 0 Å². The molecule has 1 rings (SSSR count). The first-order chi connectivity index (χ1) is 19.8. The maximum absolute atomic E-state index is 12.4. The van der Waals surface area contributed by atoms with Crippen molar-refractivity contribution in [2.24, 2.45) is 17.8 Å². The molecule has 0 aliphatic heterocycles. The average molecular weight is 580 g/mol. The van der Waals surface area contributed by atoms with E-state index in [1.807, 2.05) is 6.92 Å². The van der Waals surface area contributed by atoms with Gasteiger partial charge in [-0.15, -0.1) is 0 Å². The first-order valence-corrected chi connectivity index (χ1v) is 17.9. The predicted octanol–water partition coefficient (Wildman–Crippen LogP) is 10.2. The molecule has 0 radical (unpaired) electrons. The Kier molecular flexibility index (Phi) is 23.5. The van der Waals surface area contributed by atoms with Crippen molar-refractivity contribution >= 4 is 11.9 Å². The van der Waals surface area contributed by atoms with Crippen molar-refractivity contribution in [3.63, 3.8) is 0 Å². The Morgan fingerprint density at radius 2 is 1.17 bits per heavy atom. The molecule has 5 nitrogen and oxygen atoms in total. The lowest BCUT2D eigenvalue weighted by Crippen LogP contribution is -2.20. The number of hydrogen-bond acceptors (Lipinski definition) is 4. The van der Waals surface area contributed by atoms with E-state index in [1.54, 1.807) is 0 Å². The molecule has 1 N–H and O–H groups in total. The van der Waals surface area contributed by atoms with Crippen molar-refractivity contribution in [3.05, 3.63) is 0 Å². The maximum atomic E-state index is 12.4. The summed E-state index contributed by atoms with van der Waals surface area (Å²) in [6, 6.07) is 0. The lowest BCUT2D eigenvalue weighted by atomic mass is 10.0. The molecule has 1 aliphatic carbocycles. The van der Waals surface area contributed by atoms with E-state index in [0.29, 0.717) is 6.42 Å². The zero-order valence-corrected chi connectivity index (χ0v) is 27.8. The fourth-order valence-corrected chi connectivity index (χ4v) is 6.21. The van der Waals surface area contributed by atoms with Crippen LogP contribution >= 0.6 is 0 Å². The zero-order valence-electron chi connectivity index (χ0n) is 27.8. The molecule has 5 heteroatoms. The molecule has 0 amide bonds. The number of carboxylic acid groups (broad SMARTS) is 1. The summed E-state index contributed by atoms with van der Waals surface area (Å²) in [5.41, 5.74) is 0. The van der Waals surface area contributed by atoms with E-state index in [2.05, 4.69) is 25.9 Å². The van der Waals surface area contributed by atoms with Crippen molar-refractivity contribution in [2.75, 3.05) is 20.6 Å². The zero-order chi connectivity index (χ0) is 30.1. The van der Waals surface area contributed by atoms with Crippen LogP contribution in [-0.4, -0.2) is 48.7 Å². The van der Waals surface area contributed by atoms with Crippen LogP contribution in [0.25, 0.3) is 0 Å². The van der Waals surface area contributed by atoms with Gasteiger partial charge in [-0.3, -0.25) is 9.59 Å². The molecule has 0 saturated heterocycles. The molecule has 4 atom stereocenters. The number of aliphatic carboxylic acids is 1. The number of nitrogens with zero attached hydrogens (tertiary/aromatic N) is 1. The van der Waals surface area contributed by atoms with Crippen molar-refractivity contribution < 1.29 is 19.4 Å². The Labute approximate surface area is 254 Å². The van der Waals surface area contributed by atoms with Crippen molar-refractivity contribution in [3.8, 4) is 0 Å². The molecule has 242 valence electrons. The van der Waals surface area contributed by atoms with Gasteiger partial charge in [0.2, 0.25) is 0 Å². The van der Waals surface area contributed by atoms with E-state index in [4.69, 9.17) is 9.84 Å². The summed E-state index contributed by atoms with van der Waals surface area (Å²) in [6.45, 7) is 5.03. The molecule has 0 bridgehead atoms. The molecule has 1 aliphatic rings. The lowest BCUT2D eigenvalue weighted by Gasteiger charge is -2.18. The number of unbranched alkanes of at least 4 members (excludes halogenated alkanes) is 14. The summed E-state index contributed by atoms with van der Waals surface area (Å²) in [6.07, 6.45) is 30.6. The van der Waals surface area contributed by atoms with Crippen LogP contribution in [0.15, 0.2) is 0 Å². The Morgan fingerprint density at radius 1 is 0.707 bits per heavy atom. The van der Waals surface area contributed by atoms with Gasteiger partial charge in [-0.2, -0.15) is 0 Å². The van der Waals surface area contributed by atoms with E-state index in [9.17, 15) is 9.59 Å². The van der Waals surface area contributed by atoms with E-state index in [1.165, 1.54) is 122 Å². The summed E-state index contributed by atoms with van der Waals surface area (Å²) >= 11 is 0. The van der Waals surface area contributed by atoms with E-state index >= 15 is 0 Å². The Hall–Kier alpha value is -1.10. The second-order valence-corrected chi connectivity index (χ2v) is 13.6. The number of carbonyl (C=O) groups excluding carboxylic acids is 1. The monoisotopic (exact) mass is 580 g/mol. The maximum Gasteiger partial charge on any atom is 0.306 e. The van der Waals surface area contributed by atoms with Crippen LogP contribution in [0.3, 0.4) is 0 Å². The Morgan fingerprint density at radius 3 is 1.68 bits per heavy atom.